The molecule has 16 nitrogen and oxygen atoms in total. The molecule has 1 unspecified atom stereocenters. The van der Waals surface area contributed by atoms with Gasteiger partial charge in [-0.3, -0.25) is 44.0 Å². The summed E-state index contributed by atoms with van der Waals surface area (Å²) in [4.78, 5) is 86.2. The number of anilines is 1. The van der Waals surface area contributed by atoms with Crippen LogP contribution in [0.25, 0.3) is 11.1 Å². The second-order valence-electron chi connectivity index (χ2n) is 15.7. The zero-order valence-corrected chi connectivity index (χ0v) is 33.5. The van der Waals surface area contributed by atoms with E-state index >= 15 is 0 Å². The first-order valence-corrected chi connectivity index (χ1v) is 20.0. The lowest BCUT2D eigenvalue weighted by Crippen LogP contribution is -2.54. The minimum atomic E-state index is -0.982. The van der Waals surface area contributed by atoms with E-state index in [0.29, 0.717) is 36.7 Å². The second-order valence-corrected chi connectivity index (χ2v) is 15.7. The monoisotopic (exact) mass is 794 g/mol. The van der Waals surface area contributed by atoms with Crippen LogP contribution < -0.4 is 30.6 Å². The third-order valence-electron chi connectivity index (χ3n) is 12.5. The number of hydrogen-bond donors (Lipinski definition) is 2. The van der Waals surface area contributed by atoms with Crippen LogP contribution in [0.3, 0.4) is 0 Å². The third-order valence-corrected chi connectivity index (χ3v) is 12.5. The predicted molar refractivity (Wildman–Crippen MR) is 214 cm³/mol. The summed E-state index contributed by atoms with van der Waals surface area (Å²) in [6.45, 7) is 6.67. The number of carbonyl (C=O) groups excluding carboxylic acids is 5. The summed E-state index contributed by atoms with van der Waals surface area (Å²) < 4.78 is 13.5. The SMILES string of the molecule is CNC(=O)N1CCc2c(-c3cc(OC)c(CN4CCN(C5CCN(c6ccc7c(c6)C(=O)N(C6CCC(=O)NC6=O)C7=O)CC5)CC4)c(OC)c3)cn(C)c(=O)c2C1. The number of amides is 6. The lowest BCUT2D eigenvalue weighted by Gasteiger charge is -2.43. The van der Waals surface area contributed by atoms with Gasteiger partial charge in [0.15, 0.2) is 0 Å². The Labute approximate surface area is 336 Å². The van der Waals surface area contributed by atoms with E-state index in [1.54, 1.807) is 49.9 Å². The van der Waals surface area contributed by atoms with Gasteiger partial charge in [-0.2, -0.15) is 0 Å². The maximum Gasteiger partial charge on any atom is 0.317 e. The topological polar surface area (TPSA) is 166 Å². The fourth-order valence-corrected chi connectivity index (χ4v) is 9.33. The highest BCUT2D eigenvalue weighted by atomic mass is 16.5. The first-order valence-electron chi connectivity index (χ1n) is 20.0. The molecule has 58 heavy (non-hydrogen) atoms. The number of aryl methyl sites for hydroxylation is 1. The molecule has 3 fully saturated rings. The average molecular weight is 795 g/mol. The molecule has 5 aliphatic rings. The van der Waals surface area contributed by atoms with Gasteiger partial charge >= 0.3 is 6.03 Å². The molecule has 0 radical (unpaired) electrons. The Morgan fingerprint density at radius 2 is 1.50 bits per heavy atom. The van der Waals surface area contributed by atoms with Gasteiger partial charge in [-0.1, -0.05) is 0 Å². The molecule has 1 aromatic heterocycles. The van der Waals surface area contributed by atoms with E-state index in [1.807, 2.05) is 24.4 Å². The van der Waals surface area contributed by atoms with Gasteiger partial charge in [0.25, 0.3) is 17.4 Å². The average Bonchev–Trinajstić information content (AvgIpc) is 3.49. The number of piperidine rings is 2. The molecule has 0 spiro atoms. The number of carbonyl (C=O) groups is 5. The standard InChI is InChI=1S/C42H50N8O8/c1-43-42(56)49-14-11-28-31(22-45(2)39(53)32(28)24-49)25-19-35(57-3)33(36(20-25)58-4)23-46-15-17-48(18-16-46)26-9-12-47(13-10-26)27-5-6-29-30(21-27)41(55)50(40(29)54)34-7-8-37(51)44-38(34)52/h5-6,19-22,26,34H,7-18,23-24H2,1-4H3,(H,43,56)(H,44,51,52). The molecule has 5 aliphatic heterocycles. The number of rotatable bonds is 8. The summed E-state index contributed by atoms with van der Waals surface area (Å²) in [6, 6.07) is 8.63. The zero-order valence-electron chi connectivity index (χ0n) is 33.5. The van der Waals surface area contributed by atoms with Crippen LogP contribution in [0.4, 0.5) is 10.5 Å². The van der Waals surface area contributed by atoms with Gasteiger partial charge in [0, 0.05) is 102 Å². The summed E-state index contributed by atoms with van der Waals surface area (Å²) in [5.74, 6) is -0.558. The van der Waals surface area contributed by atoms with Crippen LogP contribution in [0.15, 0.2) is 41.3 Å². The van der Waals surface area contributed by atoms with Crippen molar-refractivity contribution >= 4 is 35.3 Å². The summed E-state index contributed by atoms with van der Waals surface area (Å²) in [7, 11) is 6.66. The number of fused-ring (bicyclic) bond motifs is 2. The number of nitrogens with zero attached hydrogens (tertiary/aromatic N) is 6. The van der Waals surface area contributed by atoms with Crippen molar-refractivity contribution in [1.82, 2.24) is 34.8 Å². The van der Waals surface area contributed by atoms with Crippen molar-refractivity contribution in [2.45, 2.75) is 57.3 Å². The first-order chi connectivity index (χ1) is 28.0. The Morgan fingerprint density at radius 3 is 2.16 bits per heavy atom. The normalized spacial score (nSPS) is 20.6. The van der Waals surface area contributed by atoms with Crippen molar-refractivity contribution in [1.29, 1.82) is 0 Å². The van der Waals surface area contributed by atoms with Gasteiger partial charge < -0.3 is 29.2 Å². The number of hydrogen-bond acceptors (Lipinski definition) is 11. The number of benzene rings is 2. The maximum absolute atomic E-state index is 13.4. The van der Waals surface area contributed by atoms with Crippen molar-refractivity contribution < 1.29 is 33.4 Å². The molecule has 3 saturated heterocycles. The van der Waals surface area contributed by atoms with E-state index < -0.39 is 29.7 Å². The number of nitrogens with one attached hydrogen (secondary N) is 2. The van der Waals surface area contributed by atoms with Crippen LogP contribution in [0.5, 0.6) is 11.5 Å². The Bertz CT molecular complexity index is 2210. The van der Waals surface area contributed by atoms with Gasteiger partial charge in [0.2, 0.25) is 11.8 Å². The number of pyridine rings is 1. The second kappa shape index (κ2) is 15.9. The van der Waals surface area contributed by atoms with Crippen LogP contribution in [0, 0.1) is 0 Å². The molecule has 306 valence electrons. The Balaban J connectivity index is 0.892. The van der Waals surface area contributed by atoms with E-state index in [2.05, 4.69) is 25.3 Å². The highest BCUT2D eigenvalue weighted by Gasteiger charge is 2.45. The summed E-state index contributed by atoms with van der Waals surface area (Å²) >= 11 is 0. The zero-order chi connectivity index (χ0) is 40.8. The number of piperazine rings is 1. The number of ether oxygens (including phenoxy) is 2. The van der Waals surface area contributed by atoms with Gasteiger partial charge in [0.1, 0.15) is 17.5 Å². The van der Waals surface area contributed by atoms with Crippen molar-refractivity contribution in [2.75, 3.05) is 72.0 Å². The fraction of sp³-hybridized carbons (Fsp3) is 0.476. The minimum Gasteiger partial charge on any atom is -0.496 e. The molecule has 2 N–H and O–H groups in total. The van der Waals surface area contributed by atoms with Crippen LogP contribution in [-0.4, -0.2) is 133 Å². The van der Waals surface area contributed by atoms with Gasteiger partial charge in [-0.25, -0.2) is 4.79 Å². The number of methoxy groups -OCH3 is 2. The van der Waals surface area contributed by atoms with E-state index in [0.717, 1.165) is 96.5 Å². The summed E-state index contributed by atoms with van der Waals surface area (Å²) in [5, 5.41) is 4.91. The molecule has 16 heteroatoms. The fourth-order valence-electron chi connectivity index (χ4n) is 9.33. The smallest absolute Gasteiger partial charge is 0.317 e. The van der Waals surface area contributed by atoms with Gasteiger partial charge in [-0.05, 0) is 67.1 Å². The Kier molecular flexibility index (Phi) is 10.7. The molecule has 6 amide bonds. The van der Waals surface area contributed by atoms with Crippen molar-refractivity contribution in [3.63, 3.8) is 0 Å². The molecule has 8 rings (SSSR count). The van der Waals surface area contributed by atoms with Gasteiger partial charge in [-0.15, -0.1) is 0 Å². The Hall–Kier alpha value is -5.74. The molecular weight excluding hydrogens is 745 g/mol. The van der Waals surface area contributed by atoms with Crippen molar-refractivity contribution in [2.24, 2.45) is 7.05 Å². The maximum atomic E-state index is 13.4. The van der Waals surface area contributed by atoms with E-state index in [9.17, 15) is 28.8 Å². The molecule has 1 atom stereocenters. The summed E-state index contributed by atoms with van der Waals surface area (Å²) in [5.41, 5.74) is 5.71. The molecular formula is C42H50N8O8. The largest absolute Gasteiger partial charge is 0.496 e. The highest BCUT2D eigenvalue weighted by Crippen LogP contribution is 2.39. The van der Waals surface area contributed by atoms with Gasteiger partial charge in [0.05, 0.1) is 37.5 Å². The summed E-state index contributed by atoms with van der Waals surface area (Å²) in [6.07, 6.45) is 4.57. The van der Waals surface area contributed by atoms with Crippen molar-refractivity contribution in [3.8, 4) is 22.6 Å². The van der Waals surface area contributed by atoms with Crippen LogP contribution >= 0.6 is 0 Å². The molecule has 0 bridgehead atoms. The third kappa shape index (κ3) is 7.08. The quantitative estimate of drug-likeness (QED) is 0.321. The molecule has 2 aromatic carbocycles. The van der Waals surface area contributed by atoms with Crippen molar-refractivity contribution in [3.05, 3.63) is 74.7 Å². The lowest BCUT2D eigenvalue weighted by atomic mass is 9.91. The van der Waals surface area contributed by atoms with Crippen LogP contribution in [0.1, 0.15) is 63.1 Å². The van der Waals surface area contributed by atoms with E-state index in [-0.39, 0.29) is 36.5 Å². The first kappa shape index (κ1) is 39.1. The number of imide groups is 2. The van der Waals surface area contributed by atoms with Crippen LogP contribution in [-0.2, 0) is 36.1 Å². The number of urea groups is 1. The predicted octanol–water partition coefficient (Wildman–Crippen LogP) is 1.95. The minimum absolute atomic E-state index is 0.0857. The molecule has 3 aromatic rings. The molecule has 0 aliphatic carbocycles. The van der Waals surface area contributed by atoms with E-state index in [1.165, 1.54) is 0 Å². The molecule has 6 heterocycles. The highest BCUT2D eigenvalue weighted by molar-refractivity contribution is 6.23. The Morgan fingerprint density at radius 1 is 0.810 bits per heavy atom. The number of aromatic nitrogens is 1. The van der Waals surface area contributed by atoms with Crippen LogP contribution in [0.2, 0.25) is 0 Å². The van der Waals surface area contributed by atoms with E-state index in [4.69, 9.17) is 9.47 Å². The molecule has 0 saturated carbocycles. The lowest BCUT2D eigenvalue weighted by molar-refractivity contribution is -0.136.